The summed E-state index contributed by atoms with van der Waals surface area (Å²) in [6.07, 6.45) is 4.02. The number of hydrogen-bond acceptors (Lipinski definition) is 2. The molecule has 3 nitrogen and oxygen atoms in total. The van der Waals surface area contributed by atoms with Crippen molar-refractivity contribution in [3.63, 3.8) is 0 Å². The van der Waals surface area contributed by atoms with Crippen LogP contribution < -0.4 is 0 Å². The minimum absolute atomic E-state index is 0.0126. The molecule has 3 heterocycles. The number of imidazole rings is 1. The van der Waals surface area contributed by atoms with Gasteiger partial charge in [-0.15, -0.1) is 0 Å². The molecule has 0 aliphatic carbocycles. The van der Waals surface area contributed by atoms with Crippen molar-refractivity contribution < 1.29 is 8.78 Å². The molecule has 0 radical (unpaired) electrons. The van der Waals surface area contributed by atoms with Crippen LogP contribution in [-0.2, 0) is 18.5 Å². The maximum atomic E-state index is 14.0. The van der Waals surface area contributed by atoms with Crippen LogP contribution in [0.1, 0.15) is 56.0 Å². The Morgan fingerprint density at radius 3 is 2.48 bits per heavy atom. The number of aromatic nitrogens is 2. The van der Waals surface area contributed by atoms with Crippen LogP contribution in [0.4, 0.5) is 8.78 Å². The van der Waals surface area contributed by atoms with E-state index in [9.17, 15) is 8.78 Å². The molecule has 1 fully saturated rings. The minimum atomic E-state index is -0.191. The lowest BCUT2D eigenvalue weighted by atomic mass is 9.89. The molecule has 5 rings (SSSR count). The lowest BCUT2D eigenvalue weighted by Gasteiger charge is -2.36. The third kappa shape index (κ3) is 3.35. The zero-order chi connectivity index (χ0) is 20.2. The molecule has 0 saturated carbocycles. The van der Waals surface area contributed by atoms with Crippen molar-refractivity contribution in [1.82, 2.24) is 14.5 Å². The average Bonchev–Trinajstić information content (AvgIpc) is 3.06. The molecular weight excluding hydrogens is 368 g/mol. The second-order valence-corrected chi connectivity index (χ2v) is 9.21. The molecule has 152 valence electrons. The molecule has 0 unspecified atom stereocenters. The molecule has 2 aliphatic rings. The van der Waals surface area contributed by atoms with Gasteiger partial charge in [0.15, 0.2) is 0 Å². The third-order valence-electron chi connectivity index (χ3n) is 6.77. The molecule has 2 aromatic carbocycles. The highest BCUT2D eigenvalue weighted by atomic mass is 19.1. The van der Waals surface area contributed by atoms with E-state index in [4.69, 9.17) is 4.98 Å². The van der Waals surface area contributed by atoms with Gasteiger partial charge in [0.25, 0.3) is 0 Å². The second kappa shape index (κ2) is 6.91. The molecule has 0 N–H and O–H groups in total. The van der Waals surface area contributed by atoms with Crippen molar-refractivity contribution in [2.24, 2.45) is 0 Å². The number of benzene rings is 2. The van der Waals surface area contributed by atoms with E-state index in [1.807, 2.05) is 12.1 Å². The molecule has 29 heavy (non-hydrogen) atoms. The van der Waals surface area contributed by atoms with Crippen LogP contribution in [0, 0.1) is 11.6 Å². The molecule has 0 atom stereocenters. The van der Waals surface area contributed by atoms with Gasteiger partial charge in [0.2, 0.25) is 0 Å². The van der Waals surface area contributed by atoms with Crippen LogP contribution in [0.15, 0.2) is 36.4 Å². The Bertz CT molecular complexity index is 1040. The maximum absolute atomic E-state index is 14.0. The van der Waals surface area contributed by atoms with E-state index in [1.54, 1.807) is 24.3 Å². The molecule has 1 saturated heterocycles. The highest BCUT2D eigenvalue weighted by molar-refractivity contribution is 5.81. The van der Waals surface area contributed by atoms with Crippen molar-refractivity contribution in [3.05, 3.63) is 65.0 Å². The smallest absolute Gasteiger partial charge is 0.125 e. The summed E-state index contributed by atoms with van der Waals surface area (Å²) in [4.78, 5) is 7.31. The molecule has 2 aliphatic heterocycles. The van der Waals surface area contributed by atoms with Crippen molar-refractivity contribution in [1.29, 1.82) is 0 Å². The summed E-state index contributed by atoms with van der Waals surface area (Å²) in [7, 11) is 0. The van der Waals surface area contributed by atoms with Gasteiger partial charge in [-0.3, -0.25) is 4.90 Å². The van der Waals surface area contributed by atoms with Gasteiger partial charge in [-0.1, -0.05) is 12.1 Å². The predicted octanol–water partition coefficient (Wildman–Crippen LogP) is 5.38. The quantitative estimate of drug-likeness (QED) is 0.594. The summed E-state index contributed by atoms with van der Waals surface area (Å²) in [5.41, 5.74) is 4.19. The Morgan fingerprint density at radius 2 is 1.76 bits per heavy atom. The summed E-state index contributed by atoms with van der Waals surface area (Å²) < 4.78 is 29.6. The first-order chi connectivity index (χ1) is 13.9. The highest BCUT2D eigenvalue weighted by Crippen LogP contribution is 2.37. The summed E-state index contributed by atoms with van der Waals surface area (Å²) in [6, 6.07) is 10.2. The Morgan fingerprint density at radius 1 is 1.03 bits per heavy atom. The van der Waals surface area contributed by atoms with Gasteiger partial charge in [0.1, 0.15) is 17.5 Å². The lowest BCUT2D eigenvalue weighted by molar-refractivity contribution is 0.191. The Balaban J connectivity index is 1.38. The van der Waals surface area contributed by atoms with E-state index in [2.05, 4.69) is 23.3 Å². The fraction of sp³-hybridized carbons (Fsp3) is 0.458. The van der Waals surface area contributed by atoms with E-state index < -0.39 is 0 Å². The van der Waals surface area contributed by atoms with E-state index in [1.165, 1.54) is 5.56 Å². The normalized spacial score (nSPS) is 19.7. The second-order valence-electron chi connectivity index (χ2n) is 9.21. The first-order valence-electron chi connectivity index (χ1n) is 10.6. The zero-order valence-electron chi connectivity index (χ0n) is 17.1. The Labute approximate surface area is 170 Å². The van der Waals surface area contributed by atoms with Gasteiger partial charge in [-0.25, -0.2) is 13.8 Å². The van der Waals surface area contributed by atoms with Crippen LogP contribution in [0.3, 0.4) is 0 Å². The lowest BCUT2D eigenvalue weighted by Crippen LogP contribution is -2.37. The number of likely N-dealkylation sites (tertiary alicyclic amines) is 1. The first-order valence-corrected chi connectivity index (χ1v) is 10.6. The number of piperidine rings is 1. The third-order valence-corrected chi connectivity index (χ3v) is 6.77. The summed E-state index contributed by atoms with van der Waals surface area (Å²) >= 11 is 0. The summed E-state index contributed by atoms with van der Waals surface area (Å²) in [5.74, 6) is 1.16. The first kappa shape index (κ1) is 18.7. The number of hydrogen-bond donors (Lipinski definition) is 0. The van der Waals surface area contributed by atoms with Crippen LogP contribution >= 0.6 is 0 Å². The summed E-state index contributed by atoms with van der Waals surface area (Å²) in [5, 5.41) is 0. The van der Waals surface area contributed by atoms with Crippen molar-refractivity contribution in [3.8, 4) is 0 Å². The Hall–Kier alpha value is -2.27. The van der Waals surface area contributed by atoms with Crippen molar-refractivity contribution in [2.75, 3.05) is 13.1 Å². The Kier molecular flexibility index (Phi) is 4.46. The van der Waals surface area contributed by atoms with Gasteiger partial charge in [0.05, 0.1) is 17.6 Å². The monoisotopic (exact) mass is 395 g/mol. The van der Waals surface area contributed by atoms with E-state index in [0.717, 1.165) is 67.7 Å². The van der Waals surface area contributed by atoms with Gasteiger partial charge in [0, 0.05) is 11.6 Å². The van der Waals surface area contributed by atoms with E-state index >= 15 is 0 Å². The van der Waals surface area contributed by atoms with E-state index in [0.29, 0.717) is 5.92 Å². The molecular formula is C24H27F2N3. The van der Waals surface area contributed by atoms with Crippen LogP contribution in [0.25, 0.3) is 11.0 Å². The molecule has 0 bridgehead atoms. The average molecular weight is 395 g/mol. The van der Waals surface area contributed by atoms with Crippen LogP contribution in [0.5, 0.6) is 0 Å². The fourth-order valence-corrected chi connectivity index (χ4v) is 5.16. The molecule has 0 spiro atoms. The van der Waals surface area contributed by atoms with Crippen LogP contribution in [0.2, 0.25) is 0 Å². The molecule has 0 amide bonds. The van der Waals surface area contributed by atoms with Gasteiger partial charge >= 0.3 is 0 Å². The number of aryl methyl sites for hydroxylation is 1. The van der Waals surface area contributed by atoms with E-state index in [-0.39, 0.29) is 17.2 Å². The van der Waals surface area contributed by atoms with Gasteiger partial charge in [-0.2, -0.15) is 0 Å². The topological polar surface area (TPSA) is 21.1 Å². The fourth-order valence-electron chi connectivity index (χ4n) is 5.16. The predicted molar refractivity (Wildman–Crippen MR) is 111 cm³/mol. The maximum Gasteiger partial charge on any atom is 0.125 e. The van der Waals surface area contributed by atoms with Crippen molar-refractivity contribution in [2.45, 2.75) is 57.5 Å². The van der Waals surface area contributed by atoms with Crippen LogP contribution in [-0.4, -0.2) is 27.5 Å². The molecule has 5 heteroatoms. The molecule has 1 aromatic heterocycles. The largest absolute Gasteiger partial charge is 0.321 e. The number of rotatable bonds is 3. The summed E-state index contributed by atoms with van der Waals surface area (Å²) in [6.45, 7) is 7.28. The SMILES string of the molecule is CC1(C)CCc2cc(F)cc3nc(CN4CCC(c5ccc(F)cc5)CC4)n1c23. The number of halogens is 2. The molecule has 3 aromatic rings. The zero-order valence-corrected chi connectivity index (χ0v) is 17.1. The minimum Gasteiger partial charge on any atom is -0.321 e. The van der Waals surface area contributed by atoms with Gasteiger partial charge in [-0.05, 0) is 87.9 Å². The van der Waals surface area contributed by atoms with Crippen molar-refractivity contribution >= 4 is 11.0 Å². The number of nitrogens with zero attached hydrogens (tertiary/aromatic N) is 3. The van der Waals surface area contributed by atoms with Gasteiger partial charge < -0.3 is 4.57 Å². The standard InChI is InChI=1S/C24H27F2N3/c1-24(2)10-7-18-13-20(26)14-21-23(18)29(24)22(27-21)15-28-11-8-17(9-12-28)16-3-5-19(25)6-4-16/h3-6,13-14,17H,7-12,15H2,1-2H3. The highest BCUT2D eigenvalue weighted by Gasteiger charge is 2.32.